The van der Waals surface area contributed by atoms with E-state index in [1.54, 1.807) is 7.11 Å². The Morgan fingerprint density at radius 3 is 2.40 bits per heavy atom. The van der Waals surface area contributed by atoms with Gasteiger partial charge < -0.3 is 14.9 Å². The quantitative estimate of drug-likeness (QED) is 0.395. The highest BCUT2D eigenvalue weighted by atomic mass is 19.4. The molecule has 5 nitrogen and oxygen atoms in total. The first-order valence-corrected chi connectivity index (χ1v) is 7.94. The summed E-state index contributed by atoms with van der Waals surface area (Å²) in [5.74, 6) is -0.171. The molecule has 0 unspecified atom stereocenters. The third-order valence-electron chi connectivity index (χ3n) is 3.30. The molecule has 0 aromatic heterocycles. The monoisotopic (exact) mass is 360 g/mol. The molecule has 0 fully saturated rings. The van der Waals surface area contributed by atoms with Crippen LogP contribution in [0.15, 0.2) is 29.4 Å². The van der Waals surface area contributed by atoms with Crippen LogP contribution in [-0.2, 0) is 20.5 Å². The van der Waals surface area contributed by atoms with Gasteiger partial charge >= 0.3 is 6.18 Å². The van der Waals surface area contributed by atoms with Crippen molar-refractivity contribution < 1.29 is 27.5 Å². The Morgan fingerprint density at radius 2 is 1.84 bits per heavy atom. The van der Waals surface area contributed by atoms with Crippen LogP contribution in [0.4, 0.5) is 13.2 Å². The first kappa shape index (κ1) is 21.0. The zero-order valence-electron chi connectivity index (χ0n) is 14.4. The molecule has 0 saturated heterocycles. The number of ether oxygens (including phenoxy) is 1. The molecule has 1 aromatic carbocycles. The molecule has 140 valence electrons. The smallest absolute Gasteiger partial charge is 0.394 e. The average molecular weight is 360 g/mol. The van der Waals surface area contributed by atoms with Crippen LogP contribution >= 0.6 is 0 Å². The summed E-state index contributed by atoms with van der Waals surface area (Å²) in [4.78, 5) is 15.9. The predicted octanol–water partition coefficient (Wildman–Crippen LogP) is 3.38. The van der Waals surface area contributed by atoms with Crippen LogP contribution in [0.1, 0.15) is 37.3 Å². The summed E-state index contributed by atoms with van der Waals surface area (Å²) in [5, 5.41) is 6.59. The fraction of sp³-hybridized carbons (Fsp3) is 0.529. The average Bonchev–Trinajstić information content (AvgIpc) is 2.55. The maximum absolute atomic E-state index is 12.7. The second-order valence-corrected chi connectivity index (χ2v) is 5.38. The van der Waals surface area contributed by atoms with Gasteiger partial charge in [-0.15, -0.1) is 0 Å². The van der Waals surface area contributed by atoms with Gasteiger partial charge in [-0.3, -0.25) is 4.79 Å². The van der Waals surface area contributed by atoms with Crippen molar-refractivity contribution >= 4 is 11.6 Å². The number of oxime groups is 1. The summed E-state index contributed by atoms with van der Waals surface area (Å²) in [6.45, 7) is 2.49. The standard InChI is InChI=1S/C17H23F3N2O3/c1-13(23)21-10-12-25-22-16(5-3-4-11-24-2)14-6-8-15(9-7-14)17(18,19)20/h6-9H,3-5,10-12H2,1-2H3,(H,21,23). The highest BCUT2D eigenvalue weighted by Crippen LogP contribution is 2.29. The van der Waals surface area contributed by atoms with Crippen molar-refractivity contribution in [2.24, 2.45) is 5.16 Å². The summed E-state index contributed by atoms with van der Waals surface area (Å²) in [6, 6.07) is 4.82. The van der Waals surface area contributed by atoms with E-state index in [4.69, 9.17) is 9.57 Å². The third-order valence-corrected chi connectivity index (χ3v) is 3.30. The van der Waals surface area contributed by atoms with E-state index in [9.17, 15) is 18.0 Å². The van der Waals surface area contributed by atoms with E-state index in [0.717, 1.165) is 25.0 Å². The van der Waals surface area contributed by atoms with Gasteiger partial charge in [0.25, 0.3) is 0 Å². The Kier molecular flexibility index (Phi) is 8.98. The van der Waals surface area contributed by atoms with Gasteiger partial charge in [0.2, 0.25) is 5.91 Å². The van der Waals surface area contributed by atoms with Crippen LogP contribution in [0, 0.1) is 0 Å². The van der Waals surface area contributed by atoms with Crippen molar-refractivity contribution in [1.29, 1.82) is 0 Å². The van der Waals surface area contributed by atoms with E-state index in [2.05, 4.69) is 10.5 Å². The minimum absolute atomic E-state index is 0.171. The fourth-order valence-corrected chi connectivity index (χ4v) is 2.03. The molecule has 0 heterocycles. The summed E-state index contributed by atoms with van der Waals surface area (Å²) in [7, 11) is 1.61. The summed E-state index contributed by atoms with van der Waals surface area (Å²) in [5.41, 5.74) is 0.430. The maximum Gasteiger partial charge on any atom is 0.416 e. The van der Waals surface area contributed by atoms with E-state index >= 15 is 0 Å². The van der Waals surface area contributed by atoms with Gasteiger partial charge in [-0.25, -0.2) is 0 Å². The number of benzene rings is 1. The van der Waals surface area contributed by atoms with Crippen molar-refractivity contribution in [3.05, 3.63) is 35.4 Å². The molecule has 25 heavy (non-hydrogen) atoms. The number of alkyl halides is 3. The molecule has 8 heteroatoms. The summed E-state index contributed by atoms with van der Waals surface area (Å²) >= 11 is 0. The van der Waals surface area contributed by atoms with E-state index in [0.29, 0.717) is 30.8 Å². The first-order chi connectivity index (χ1) is 11.8. The Labute approximate surface area is 145 Å². The van der Waals surface area contributed by atoms with Gasteiger partial charge in [0.15, 0.2) is 0 Å². The topological polar surface area (TPSA) is 59.9 Å². The van der Waals surface area contributed by atoms with E-state index < -0.39 is 11.7 Å². The summed E-state index contributed by atoms with van der Waals surface area (Å²) < 4.78 is 43.0. The van der Waals surface area contributed by atoms with Crippen LogP contribution < -0.4 is 5.32 Å². The summed E-state index contributed by atoms with van der Waals surface area (Å²) in [6.07, 6.45) is -2.25. The molecular weight excluding hydrogens is 337 g/mol. The van der Waals surface area contributed by atoms with Gasteiger partial charge in [-0.05, 0) is 37.0 Å². The Bertz CT molecular complexity index is 557. The number of hydrogen-bond donors (Lipinski definition) is 1. The molecule has 0 saturated carbocycles. The molecule has 1 rings (SSSR count). The van der Waals surface area contributed by atoms with Crippen molar-refractivity contribution in [1.82, 2.24) is 5.32 Å². The minimum Gasteiger partial charge on any atom is -0.394 e. The zero-order valence-corrected chi connectivity index (χ0v) is 14.4. The predicted molar refractivity (Wildman–Crippen MR) is 88.3 cm³/mol. The molecule has 0 bridgehead atoms. The van der Waals surface area contributed by atoms with Crippen LogP contribution in [0.25, 0.3) is 0 Å². The lowest BCUT2D eigenvalue weighted by Crippen LogP contribution is -2.23. The van der Waals surface area contributed by atoms with Crippen LogP contribution in [-0.4, -0.2) is 38.5 Å². The third kappa shape index (κ3) is 8.53. The van der Waals surface area contributed by atoms with E-state index in [1.807, 2.05) is 0 Å². The number of methoxy groups -OCH3 is 1. The molecule has 1 aromatic rings. The van der Waals surface area contributed by atoms with Gasteiger partial charge in [-0.1, -0.05) is 17.3 Å². The number of halogens is 3. The van der Waals surface area contributed by atoms with Crippen LogP contribution in [0.5, 0.6) is 0 Å². The fourth-order valence-electron chi connectivity index (χ4n) is 2.03. The second-order valence-electron chi connectivity index (χ2n) is 5.38. The molecule has 0 spiro atoms. The highest BCUT2D eigenvalue weighted by Gasteiger charge is 2.30. The number of carbonyl (C=O) groups excluding carboxylic acids is 1. The Morgan fingerprint density at radius 1 is 1.16 bits per heavy atom. The number of nitrogens with zero attached hydrogens (tertiary/aromatic N) is 1. The number of hydrogen-bond acceptors (Lipinski definition) is 4. The molecule has 0 aliphatic carbocycles. The molecule has 0 aliphatic heterocycles. The normalized spacial score (nSPS) is 12.1. The maximum atomic E-state index is 12.7. The van der Waals surface area contributed by atoms with Gasteiger partial charge in [-0.2, -0.15) is 13.2 Å². The molecular formula is C17H23F3N2O3. The Balaban J connectivity index is 2.73. The second kappa shape index (κ2) is 10.7. The highest BCUT2D eigenvalue weighted by molar-refractivity contribution is 6.00. The van der Waals surface area contributed by atoms with Crippen molar-refractivity contribution in [3.8, 4) is 0 Å². The lowest BCUT2D eigenvalue weighted by atomic mass is 10.0. The number of nitrogens with one attached hydrogen (secondary N) is 1. The molecule has 1 N–H and O–H groups in total. The lowest BCUT2D eigenvalue weighted by molar-refractivity contribution is -0.137. The van der Waals surface area contributed by atoms with Gasteiger partial charge in [0.1, 0.15) is 6.61 Å². The van der Waals surface area contributed by atoms with Crippen molar-refractivity contribution in [2.75, 3.05) is 26.9 Å². The molecule has 0 aliphatic rings. The molecule has 0 atom stereocenters. The molecule has 1 amide bonds. The number of unbranched alkanes of at least 4 members (excludes halogenated alkanes) is 1. The largest absolute Gasteiger partial charge is 0.416 e. The van der Waals surface area contributed by atoms with Crippen molar-refractivity contribution in [3.63, 3.8) is 0 Å². The molecule has 0 radical (unpaired) electrons. The number of rotatable bonds is 10. The van der Waals surface area contributed by atoms with Crippen LogP contribution in [0.2, 0.25) is 0 Å². The Hall–Kier alpha value is -2.09. The SMILES string of the molecule is COCCCCC(=NOCCNC(C)=O)c1ccc(C(F)(F)F)cc1. The van der Waals surface area contributed by atoms with Crippen molar-refractivity contribution in [2.45, 2.75) is 32.4 Å². The first-order valence-electron chi connectivity index (χ1n) is 7.94. The zero-order chi connectivity index (χ0) is 18.7. The van der Waals surface area contributed by atoms with E-state index in [-0.39, 0.29) is 12.5 Å². The van der Waals surface area contributed by atoms with E-state index in [1.165, 1.54) is 19.1 Å². The minimum atomic E-state index is -4.37. The number of amides is 1. The van der Waals surface area contributed by atoms with Crippen LogP contribution in [0.3, 0.4) is 0 Å². The van der Waals surface area contributed by atoms with Gasteiger partial charge in [0, 0.05) is 20.6 Å². The van der Waals surface area contributed by atoms with Gasteiger partial charge in [0.05, 0.1) is 17.8 Å². The number of carbonyl (C=O) groups is 1. The lowest BCUT2D eigenvalue weighted by Gasteiger charge is -2.10.